The Balaban J connectivity index is 2.49. The lowest BCUT2D eigenvalue weighted by Crippen LogP contribution is -2.33. The second kappa shape index (κ2) is 5.90. The van der Waals surface area contributed by atoms with Crippen molar-refractivity contribution in [3.05, 3.63) is 34.4 Å². The van der Waals surface area contributed by atoms with E-state index in [1.165, 1.54) is 6.26 Å². The molecule has 1 unspecified atom stereocenters. The summed E-state index contributed by atoms with van der Waals surface area (Å²) < 4.78 is 39.7. The minimum atomic E-state index is -4.27. The quantitative estimate of drug-likeness (QED) is 0.599. The maximum absolute atomic E-state index is 12.8. The Morgan fingerprint density at radius 3 is 2.17 bits per heavy atom. The third-order valence-electron chi connectivity index (χ3n) is 3.93. The number of nitrogens with zero attached hydrogens (tertiary/aromatic N) is 3. The van der Waals surface area contributed by atoms with E-state index in [4.69, 9.17) is 0 Å². The van der Waals surface area contributed by atoms with Crippen LogP contribution in [0.2, 0.25) is 0 Å². The summed E-state index contributed by atoms with van der Waals surface area (Å²) in [6, 6.07) is 6.15. The lowest BCUT2D eigenvalue weighted by Gasteiger charge is -2.21. The van der Waals surface area contributed by atoms with E-state index < -0.39 is 29.4 Å². The third-order valence-corrected chi connectivity index (χ3v) is 8.67. The number of hydrogen-bond donors (Lipinski definition) is 0. The largest absolute Gasteiger partial charge is 0.290 e. The molecule has 1 aromatic rings. The van der Waals surface area contributed by atoms with E-state index in [0.29, 0.717) is 25.7 Å². The number of sulfonamides is 1. The molecule has 23 heavy (non-hydrogen) atoms. The van der Waals surface area contributed by atoms with Crippen molar-refractivity contribution >= 4 is 25.4 Å². The fourth-order valence-electron chi connectivity index (χ4n) is 2.56. The van der Waals surface area contributed by atoms with Gasteiger partial charge in [-0.05, 0) is 25.0 Å². The summed E-state index contributed by atoms with van der Waals surface area (Å²) in [5, 5.41) is 20.0. The molecule has 8 nitrogen and oxygen atoms in total. The maximum Gasteiger partial charge on any atom is 0.290 e. The van der Waals surface area contributed by atoms with Gasteiger partial charge in [-0.15, -0.1) is 3.77 Å². The Kier molecular flexibility index (Phi) is 4.45. The van der Waals surface area contributed by atoms with E-state index >= 15 is 0 Å². The first-order valence-corrected chi connectivity index (χ1v) is 10.1. The molecule has 0 saturated heterocycles. The van der Waals surface area contributed by atoms with Crippen molar-refractivity contribution in [3.63, 3.8) is 0 Å². The summed E-state index contributed by atoms with van der Waals surface area (Å²) in [5.74, 6) is 0. The topological polar surface area (TPSA) is 130 Å². The molecule has 2 rings (SSSR count). The number of hydrogen-bond acceptors (Lipinski definition) is 6. The molecule has 0 amide bonds. The highest BCUT2D eigenvalue weighted by Gasteiger charge is 2.43. The lowest BCUT2D eigenvalue weighted by atomic mass is 10.1. The summed E-state index contributed by atoms with van der Waals surface area (Å²) in [4.78, 5) is 9.66. The Bertz CT molecular complexity index is 885. The zero-order valence-corrected chi connectivity index (χ0v) is 14.0. The average molecular weight is 357 g/mol. The van der Waals surface area contributed by atoms with Gasteiger partial charge in [-0.2, -0.15) is 13.7 Å². The number of nitro groups is 1. The van der Waals surface area contributed by atoms with Crippen LogP contribution in [0.4, 0.5) is 5.69 Å². The molecule has 1 fully saturated rings. The van der Waals surface area contributed by atoms with Crippen LogP contribution in [0.1, 0.15) is 25.7 Å². The Morgan fingerprint density at radius 2 is 1.74 bits per heavy atom. The normalized spacial score (nSPS) is 19.5. The van der Waals surface area contributed by atoms with Gasteiger partial charge in [0.25, 0.3) is 15.7 Å². The summed E-state index contributed by atoms with van der Waals surface area (Å²) in [5.41, 5.74) is -0.259. The molecular formula is C13H15N3O5S2. The van der Waals surface area contributed by atoms with Gasteiger partial charge in [0.1, 0.15) is 4.75 Å². The predicted octanol–water partition coefficient (Wildman–Crippen LogP) is 2.22. The predicted molar refractivity (Wildman–Crippen MR) is 83.6 cm³/mol. The molecule has 0 bridgehead atoms. The van der Waals surface area contributed by atoms with E-state index in [0.717, 1.165) is 24.3 Å². The van der Waals surface area contributed by atoms with Gasteiger partial charge in [-0.25, -0.2) is 4.21 Å². The van der Waals surface area contributed by atoms with Crippen LogP contribution in [-0.4, -0.2) is 28.6 Å². The van der Waals surface area contributed by atoms with Gasteiger partial charge in [0, 0.05) is 18.4 Å². The van der Waals surface area contributed by atoms with Crippen LogP contribution in [0.15, 0.2) is 32.9 Å². The first-order valence-electron chi connectivity index (χ1n) is 6.77. The molecule has 0 spiro atoms. The SMILES string of the molecule is CS(=O)(=NS(=O)(=O)c1ccc([N+](=O)[O-])cc1)C1(C#N)CCCC1. The second-order valence-electron chi connectivity index (χ2n) is 5.42. The van der Waals surface area contributed by atoms with Crippen LogP contribution in [-0.2, 0) is 19.8 Å². The molecule has 0 N–H and O–H groups in total. The van der Waals surface area contributed by atoms with Crippen molar-refractivity contribution in [1.82, 2.24) is 0 Å². The van der Waals surface area contributed by atoms with Gasteiger partial charge in [0.15, 0.2) is 0 Å². The smallest absolute Gasteiger partial charge is 0.258 e. The Labute approximate surface area is 134 Å². The molecule has 10 heteroatoms. The number of benzene rings is 1. The number of non-ortho nitro benzene ring substituents is 1. The van der Waals surface area contributed by atoms with Gasteiger partial charge in [-0.1, -0.05) is 12.8 Å². The van der Waals surface area contributed by atoms with Crippen LogP contribution >= 0.6 is 0 Å². The zero-order chi connectivity index (χ0) is 17.3. The first-order chi connectivity index (χ1) is 10.6. The van der Waals surface area contributed by atoms with E-state index in [2.05, 4.69) is 3.77 Å². The fraction of sp³-hybridized carbons (Fsp3) is 0.462. The average Bonchev–Trinajstić information content (AvgIpc) is 2.97. The van der Waals surface area contributed by atoms with Crippen molar-refractivity contribution in [2.75, 3.05) is 6.26 Å². The van der Waals surface area contributed by atoms with Gasteiger partial charge in [0.2, 0.25) is 0 Å². The summed E-state index contributed by atoms with van der Waals surface area (Å²) in [6.07, 6.45) is 3.28. The van der Waals surface area contributed by atoms with Crippen molar-refractivity contribution in [3.8, 4) is 6.07 Å². The fourth-order valence-corrected chi connectivity index (χ4v) is 6.67. The van der Waals surface area contributed by atoms with E-state index in [9.17, 15) is 28.0 Å². The monoisotopic (exact) mass is 357 g/mol. The Hall–Kier alpha value is -1.99. The van der Waals surface area contributed by atoms with Crippen molar-refractivity contribution in [2.45, 2.75) is 35.3 Å². The van der Waals surface area contributed by atoms with Crippen molar-refractivity contribution in [2.24, 2.45) is 3.77 Å². The summed E-state index contributed by atoms with van der Waals surface area (Å²) in [7, 11) is -7.58. The van der Waals surface area contributed by atoms with E-state index in [1.54, 1.807) is 0 Å². The molecule has 124 valence electrons. The Morgan fingerprint density at radius 1 is 1.22 bits per heavy atom. The third kappa shape index (κ3) is 3.20. The summed E-state index contributed by atoms with van der Waals surface area (Å²) >= 11 is 0. The molecule has 1 atom stereocenters. The molecule has 0 aliphatic heterocycles. The van der Waals surface area contributed by atoms with Crippen molar-refractivity contribution < 1.29 is 17.6 Å². The minimum Gasteiger partial charge on any atom is -0.258 e. The number of nitriles is 1. The van der Waals surface area contributed by atoms with Crippen LogP contribution in [0.3, 0.4) is 0 Å². The number of rotatable bonds is 4. The van der Waals surface area contributed by atoms with Gasteiger partial charge in [0.05, 0.1) is 25.6 Å². The maximum atomic E-state index is 12.8. The van der Waals surface area contributed by atoms with Gasteiger partial charge < -0.3 is 0 Å². The molecule has 1 aliphatic carbocycles. The van der Waals surface area contributed by atoms with Crippen LogP contribution < -0.4 is 0 Å². The first kappa shape index (κ1) is 17.4. The van der Waals surface area contributed by atoms with E-state index in [-0.39, 0.29) is 10.6 Å². The minimum absolute atomic E-state index is 0.259. The second-order valence-corrected chi connectivity index (χ2v) is 9.82. The zero-order valence-electron chi connectivity index (χ0n) is 12.3. The van der Waals surface area contributed by atoms with Crippen LogP contribution in [0.25, 0.3) is 0 Å². The van der Waals surface area contributed by atoms with Gasteiger partial charge in [-0.3, -0.25) is 10.1 Å². The van der Waals surface area contributed by atoms with Gasteiger partial charge >= 0.3 is 0 Å². The highest BCUT2D eigenvalue weighted by atomic mass is 32.3. The molecule has 0 radical (unpaired) electrons. The van der Waals surface area contributed by atoms with Crippen LogP contribution in [0, 0.1) is 21.4 Å². The standard InChI is InChI=1S/C13H15N3O5S2/c1-22(19,13(10-14)8-2-3-9-13)15-23(20,21)12-6-4-11(5-7-12)16(17)18/h4-7H,2-3,8-9H2,1H3. The number of nitro benzene ring substituents is 1. The molecule has 1 aliphatic rings. The van der Waals surface area contributed by atoms with E-state index in [1.807, 2.05) is 6.07 Å². The molecule has 1 saturated carbocycles. The highest BCUT2D eigenvalue weighted by Crippen LogP contribution is 2.37. The lowest BCUT2D eigenvalue weighted by molar-refractivity contribution is -0.384. The van der Waals surface area contributed by atoms with Crippen molar-refractivity contribution in [1.29, 1.82) is 5.26 Å². The summed E-state index contributed by atoms with van der Waals surface area (Å²) in [6.45, 7) is 0. The van der Waals surface area contributed by atoms with Crippen LogP contribution in [0.5, 0.6) is 0 Å². The molecule has 1 aromatic carbocycles. The highest BCUT2D eigenvalue weighted by molar-refractivity contribution is 8.03. The molecule has 0 heterocycles. The molecular weight excluding hydrogens is 342 g/mol. The molecule has 0 aromatic heterocycles.